The maximum Gasteiger partial charge on any atom is 0.155 e. The molecule has 0 aromatic rings. The topological polar surface area (TPSA) is 26.3 Å². The van der Waals surface area contributed by atoms with Crippen molar-refractivity contribution >= 4 is 5.78 Å². The molecular formula is C24H32O2. The summed E-state index contributed by atoms with van der Waals surface area (Å²) in [5, 5.41) is 0. The van der Waals surface area contributed by atoms with Gasteiger partial charge in [-0.25, -0.2) is 0 Å². The molecule has 1 spiro atoms. The summed E-state index contributed by atoms with van der Waals surface area (Å²) < 4.78 is 6.53. The van der Waals surface area contributed by atoms with Crippen molar-refractivity contribution in [2.45, 2.75) is 64.4 Å². The molecule has 6 aliphatic rings. The fraction of sp³-hybridized carbons (Fsp3) is 0.792. The number of hydrogen-bond donors (Lipinski definition) is 0. The Morgan fingerprint density at radius 3 is 2.92 bits per heavy atom. The molecule has 0 bridgehead atoms. The fourth-order valence-corrected chi connectivity index (χ4v) is 8.84. The third-order valence-corrected chi connectivity index (χ3v) is 9.78. The maximum absolute atomic E-state index is 12.0. The summed E-state index contributed by atoms with van der Waals surface area (Å²) in [5.74, 6) is 6.10. The molecule has 9 atom stereocenters. The largest absolute Gasteiger partial charge is 0.366 e. The molecule has 0 N–H and O–H groups in total. The van der Waals surface area contributed by atoms with Gasteiger partial charge in [0.1, 0.15) is 0 Å². The number of hydrogen-bond acceptors (Lipinski definition) is 2. The summed E-state index contributed by atoms with van der Waals surface area (Å²) in [5.41, 5.74) is 1.92. The van der Waals surface area contributed by atoms with Gasteiger partial charge in [-0.1, -0.05) is 38.0 Å². The van der Waals surface area contributed by atoms with Crippen LogP contribution in [-0.2, 0) is 9.53 Å². The lowest BCUT2D eigenvalue weighted by molar-refractivity contribution is -0.141. The van der Waals surface area contributed by atoms with E-state index in [2.05, 4.69) is 32.1 Å². The Morgan fingerprint density at radius 2 is 2.15 bits per heavy atom. The minimum atomic E-state index is 0.0598. The first-order chi connectivity index (χ1) is 12.6. The highest BCUT2D eigenvalue weighted by atomic mass is 16.5. The summed E-state index contributed by atoms with van der Waals surface area (Å²) >= 11 is 0. The van der Waals surface area contributed by atoms with E-state index in [0.29, 0.717) is 17.1 Å². The van der Waals surface area contributed by atoms with Gasteiger partial charge in [0, 0.05) is 11.8 Å². The number of rotatable bonds is 1. The Bertz CT molecular complexity index is 720. The fourth-order valence-electron chi connectivity index (χ4n) is 8.84. The minimum absolute atomic E-state index is 0.0598. The predicted molar refractivity (Wildman–Crippen MR) is 101 cm³/mol. The Kier molecular flexibility index (Phi) is 3.18. The Labute approximate surface area is 157 Å². The number of ether oxygens (including phenoxy) is 1. The zero-order valence-corrected chi connectivity index (χ0v) is 16.2. The molecule has 0 unspecified atom stereocenters. The Hall–Kier alpha value is -0.890. The van der Waals surface area contributed by atoms with Crippen LogP contribution in [0.15, 0.2) is 23.8 Å². The monoisotopic (exact) mass is 352 g/mol. The van der Waals surface area contributed by atoms with Crippen molar-refractivity contribution in [3.05, 3.63) is 23.8 Å². The molecule has 0 radical (unpaired) electrons. The van der Waals surface area contributed by atoms with Crippen LogP contribution in [0, 0.1) is 46.8 Å². The molecule has 5 aliphatic carbocycles. The number of ketones is 1. The first-order valence-corrected chi connectivity index (χ1v) is 11.1. The molecule has 4 fully saturated rings. The van der Waals surface area contributed by atoms with E-state index in [9.17, 15) is 4.79 Å². The predicted octanol–water partition coefficient (Wildman–Crippen LogP) is 4.95. The highest BCUT2D eigenvalue weighted by Crippen LogP contribution is 2.78. The first-order valence-electron chi connectivity index (χ1n) is 11.1. The smallest absolute Gasteiger partial charge is 0.155 e. The van der Waals surface area contributed by atoms with Crippen LogP contribution >= 0.6 is 0 Å². The lowest BCUT2D eigenvalue weighted by Crippen LogP contribution is -2.56. The summed E-state index contributed by atoms with van der Waals surface area (Å²) in [6.07, 6.45) is 15.3. The van der Waals surface area contributed by atoms with Gasteiger partial charge in [-0.3, -0.25) is 4.79 Å². The molecule has 6 rings (SSSR count). The molecule has 0 aromatic carbocycles. The van der Waals surface area contributed by atoms with E-state index in [1.54, 1.807) is 0 Å². The molecule has 140 valence electrons. The highest BCUT2D eigenvalue weighted by molar-refractivity contribution is 5.91. The number of carbonyl (C=O) groups excluding carboxylic acids is 1. The van der Waals surface area contributed by atoms with Gasteiger partial charge in [0.05, 0.1) is 12.2 Å². The molecule has 1 aliphatic heterocycles. The molecule has 1 heterocycles. The number of carbonyl (C=O) groups is 1. The zero-order valence-electron chi connectivity index (χ0n) is 16.2. The summed E-state index contributed by atoms with van der Waals surface area (Å²) in [4.78, 5) is 12.0. The number of fused-ring (bicyclic) bond motifs is 9. The van der Waals surface area contributed by atoms with E-state index in [4.69, 9.17) is 4.74 Å². The maximum atomic E-state index is 12.0. The van der Waals surface area contributed by atoms with Gasteiger partial charge in [-0.2, -0.15) is 0 Å². The van der Waals surface area contributed by atoms with Crippen molar-refractivity contribution in [2.24, 2.45) is 46.8 Å². The van der Waals surface area contributed by atoms with Gasteiger partial charge in [0.25, 0.3) is 0 Å². The molecule has 26 heavy (non-hydrogen) atoms. The van der Waals surface area contributed by atoms with Crippen LogP contribution < -0.4 is 0 Å². The van der Waals surface area contributed by atoms with Gasteiger partial charge < -0.3 is 4.74 Å². The quantitative estimate of drug-likeness (QED) is 0.625. The second kappa shape index (κ2) is 5.13. The van der Waals surface area contributed by atoms with Gasteiger partial charge in [-0.05, 0) is 79.6 Å². The van der Waals surface area contributed by atoms with Crippen LogP contribution in [0.25, 0.3) is 0 Å². The van der Waals surface area contributed by atoms with E-state index in [0.717, 1.165) is 55.0 Å². The van der Waals surface area contributed by atoms with Gasteiger partial charge in [0.2, 0.25) is 0 Å². The van der Waals surface area contributed by atoms with Crippen LogP contribution in [0.5, 0.6) is 0 Å². The number of allylic oxidation sites excluding steroid dienone is 1. The van der Waals surface area contributed by atoms with Crippen LogP contribution in [0.3, 0.4) is 0 Å². The first kappa shape index (κ1) is 16.1. The summed E-state index contributed by atoms with van der Waals surface area (Å²) in [6, 6.07) is 0. The molecule has 2 nitrogen and oxygen atoms in total. The van der Waals surface area contributed by atoms with E-state index in [-0.39, 0.29) is 5.60 Å². The van der Waals surface area contributed by atoms with E-state index in [1.165, 1.54) is 37.7 Å². The average Bonchev–Trinajstić information content (AvgIpc) is 3.20. The Balaban J connectivity index is 1.42. The van der Waals surface area contributed by atoms with Gasteiger partial charge >= 0.3 is 0 Å². The van der Waals surface area contributed by atoms with Crippen molar-refractivity contribution in [3.63, 3.8) is 0 Å². The van der Waals surface area contributed by atoms with Crippen LogP contribution in [0.1, 0.15) is 58.8 Å². The molecule has 0 amide bonds. The SMILES string of the molecule is CC[C@@H]1CC2=CC(=O)CC[C@@H]2[C@H]2CC[C@@]3(C)[C@@H]([C@H]4C[C@H]4[C@@]34C=CCO4)[C@H]12. The highest BCUT2D eigenvalue weighted by Gasteiger charge is 2.76. The van der Waals surface area contributed by atoms with Crippen LogP contribution in [-0.4, -0.2) is 18.0 Å². The third-order valence-electron chi connectivity index (χ3n) is 9.78. The standard InChI is InChI=1S/C24H32O2/c1-3-14-11-15-12-16(25)5-6-17(15)18-7-9-23(2)22(21(14)18)19-13-20(19)24(23)8-4-10-26-24/h4,8,12,14,17-22H,3,5-7,9-11,13H2,1-2H3/t14-,17+,18-,19+,20-,21-,22+,23+,24+/m1/s1. The van der Waals surface area contributed by atoms with E-state index >= 15 is 0 Å². The summed E-state index contributed by atoms with van der Waals surface area (Å²) in [6.45, 7) is 5.80. The average molecular weight is 353 g/mol. The third kappa shape index (κ3) is 1.76. The van der Waals surface area contributed by atoms with Gasteiger partial charge in [-0.15, -0.1) is 0 Å². The second-order valence-corrected chi connectivity index (χ2v) is 10.4. The normalized spacial score (nSPS) is 56.6. The van der Waals surface area contributed by atoms with Crippen molar-refractivity contribution in [1.29, 1.82) is 0 Å². The molecule has 0 saturated heterocycles. The van der Waals surface area contributed by atoms with Crippen molar-refractivity contribution in [1.82, 2.24) is 0 Å². The molecule has 2 heteroatoms. The van der Waals surface area contributed by atoms with E-state index in [1.807, 2.05) is 0 Å². The van der Waals surface area contributed by atoms with Crippen LogP contribution in [0.2, 0.25) is 0 Å². The summed E-state index contributed by atoms with van der Waals surface area (Å²) in [7, 11) is 0. The van der Waals surface area contributed by atoms with Crippen LogP contribution in [0.4, 0.5) is 0 Å². The molecular weight excluding hydrogens is 320 g/mol. The van der Waals surface area contributed by atoms with Crippen molar-refractivity contribution in [3.8, 4) is 0 Å². The van der Waals surface area contributed by atoms with Crippen molar-refractivity contribution in [2.75, 3.05) is 6.61 Å². The molecule has 4 saturated carbocycles. The second-order valence-electron chi connectivity index (χ2n) is 10.4. The van der Waals surface area contributed by atoms with Crippen molar-refractivity contribution < 1.29 is 9.53 Å². The van der Waals surface area contributed by atoms with E-state index < -0.39 is 0 Å². The minimum Gasteiger partial charge on any atom is -0.366 e. The Morgan fingerprint density at radius 1 is 1.27 bits per heavy atom. The molecule has 0 aromatic heterocycles. The zero-order chi connectivity index (χ0) is 17.7. The lowest BCUT2D eigenvalue weighted by atomic mass is 9.46. The lowest BCUT2D eigenvalue weighted by Gasteiger charge is -2.59. The van der Waals surface area contributed by atoms with Gasteiger partial charge in [0.15, 0.2) is 5.78 Å².